The first-order valence-electron chi connectivity index (χ1n) is 9.52. The smallest absolute Gasteiger partial charge is 0.261 e. The third-order valence-electron chi connectivity index (χ3n) is 4.61. The molecular formula is C22H26FIN2O3. The second-order valence-electron chi connectivity index (χ2n) is 6.88. The van der Waals surface area contributed by atoms with Crippen LogP contribution in [0.5, 0.6) is 5.75 Å². The van der Waals surface area contributed by atoms with Gasteiger partial charge in [0.05, 0.1) is 0 Å². The van der Waals surface area contributed by atoms with Gasteiger partial charge in [-0.25, -0.2) is 4.39 Å². The number of benzene rings is 2. The van der Waals surface area contributed by atoms with Crippen molar-refractivity contribution in [1.82, 2.24) is 10.2 Å². The summed E-state index contributed by atoms with van der Waals surface area (Å²) in [5.41, 5.74) is 0.734. The van der Waals surface area contributed by atoms with Crippen LogP contribution in [0.1, 0.15) is 32.8 Å². The predicted octanol–water partition coefficient (Wildman–Crippen LogP) is 4.14. The molecule has 0 aromatic heterocycles. The summed E-state index contributed by atoms with van der Waals surface area (Å²) >= 11 is 2.19. The SMILES string of the molecule is CC[C@@H](C)NC(=O)[C@H](C)N(Cc1ccc(F)cc1)C(=O)COc1ccc(I)cc1. The van der Waals surface area contributed by atoms with Crippen LogP contribution in [0.3, 0.4) is 0 Å². The molecule has 0 aliphatic carbocycles. The highest BCUT2D eigenvalue weighted by Crippen LogP contribution is 2.15. The van der Waals surface area contributed by atoms with Crippen molar-refractivity contribution >= 4 is 34.4 Å². The number of hydrogen-bond donors (Lipinski definition) is 1. The van der Waals surface area contributed by atoms with Crippen LogP contribution in [-0.4, -0.2) is 35.4 Å². The van der Waals surface area contributed by atoms with E-state index in [0.29, 0.717) is 5.75 Å². The van der Waals surface area contributed by atoms with Crippen molar-refractivity contribution in [3.05, 3.63) is 63.5 Å². The monoisotopic (exact) mass is 512 g/mol. The Bertz CT molecular complexity index is 812. The van der Waals surface area contributed by atoms with Crippen molar-refractivity contribution in [2.45, 2.75) is 45.8 Å². The van der Waals surface area contributed by atoms with Gasteiger partial charge in [0.25, 0.3) is 5.91 Å². The molecular weight excluding hydrogens is 486 g/mol. The summed E-state index contributed by atoms with van der Waals surface area (Å²) in [6.07, 6.45) is 0.792. The van der Waals surface area contributed by atoms with Gasteiger partial charge in [0, 0.05) is 16.2 Å². The highest BCUT2D eigenvalue weighted by Gasteiger charge is 2.27. The molecule has 2 aromatic rings. The summed E-state index contributed by atoms with van der Waals surface area (Å²) in [6.45, 7) is 5.57. The molecule has 0 radical (unpaired) electrons. The molecule has 2 amide bonds. The van der Waals surface area contributed by atoms with E-state index in [0.717, 1.165) is 15.6 Å². The number of nitrogens with one attached hydrogen (secondary N) is 1. The first-order valence-corrected chi connectivity index (χ1v) is 10.6. The second-order valence-corrected chi connectivity index (χ2v) is 8.13. The minimum absolute atomic E-state index is 0.00997. The number of nitrogens with zero attached hydrogens (tertiary/aromatic N) is 1. The van der Waals surface area contributed by atoms with E-state index >= 15 is 0 Å². The van der Waals surface area contributed by atoms with E-state index < -0.39 is 6.04 Å². The summed E-state index contributed by atoms with van der Waals surface area (Å²) in [5, 5.41) is 2.91. The first kappa shape index (κ1) is 23.1. The Kier molecular flexibility index (Phi) is 8.88. The Labute approximate surface area is 184 Å². The quantitative estimate of drug-likeness (QED) is 0.514. The Balaban J connectivity index is 2.13. The minimum atomic E-state index is -0.693. The first-order chi connectivity index (χ1) is 13.8. The van der Waals surface area contributed by atoms with Crippen molar-refractivity contribution < 1.29 is 18.7 Å². The second kappa shape index (κ2) is 11.1. The van der Waals surface area contributed by atoms with Crippen molar-refractivity contribution in [3.63, 3.8) is 0 Å². The molecule has 0 heterocycles. The zero-order valence-electron chi connectivity index (χ0n) is 16.8. The number of amides is 2. The van der Waals surface area contributed by atoms with Crippen LogP contribution in [0.2, 0.25) is 0 Å². The average Bonchev–Trinajstić information content (AvgIpc) is 2.72. The van der Waals surface area contributed by atoms with Crippen molar-refractivity contribution in [2.75, 3.05) is 6.61 Å². The lowest BCUT2D eigenvalue weighted by molar-refractivity contribution is -0.142. The average molecular weight is 512 g/mol. The van der Waals surface area contributed by atoms with Gasteiger partial charge in [0.2, 0.25) is 5.91 Å². The van der Waals surface area contributed by atoms with Gasteiger partial charge in [0.15, 0.2) is 6.61 Å². The fourth-order valence-electron chi connectivity index (χ4n) is 2.59. The lowest BCUT2D eigenvalue weighted by Crippen LogP contribution is -2.50. The summed E-state index contributed by atoms with van der Waals surface area (Å²) in [5.74, 6) is -0.322. The molecule has 5 nitrogen and oxygen atoms in total. The van der Waals surface area contributed by atoms with Gasteiger partial charge >= 0.3 is 0 Å². The third kappa shape index (κ3) is 7.30. The van der Waals surface area contributed by atoms with Gasteiger partial charge in [-0.15, -0.1) is 0 Å². The van der Waals surface area contributed by atoms with Crippen LogP contribution in [0.4, 0.5) is 4.39 Å². The molecule has 0 saturated carbocycles. The normalized spacial score (nSPS) is 12.7. The molecule has 0 saturated heterocycles. The van der Waals surface area contributed by atoms with E-state index in [1.165, 1.54) is 17.0 Å². The van der Waals surface area contributed by atoms with Crippen LogP contribution in [0.25, 0.3) is 0 Å². The number of hydrogen-bond acceptors (Lipinski definition) is 3. The van der Waals surface area contributed by atoms with Gasteiger partial charge in [0.1, 0.15) is 17.6 Å². The predicted molar refractivity (Wildman–Crippen MR) is 119 cm³/mol. The van der Waals surface area contributed by atoms with Gasteiger partial charge in [-0.2, -0.15) is 0 Å². The Hall–Kier alpha value is -2.16. The van der Waals surface area contributed by atoms with Gasteiger partial charge < -0.3 is 15.0 Å². The standard InChI is InChI=1S/C22H26FIN2O3/c1-4-15(2)25-22(28)16(3)26(13-17-5-7-18(23)8-6-17)21(27)14-29-20-11-9-19(24)10-12-20/h5-12,15-16H,4,13-14H2,1-3H3,(H,25,28)/t15-,16+/m1/s1. The lowest BCUT2D eigenvalue weighted by atomic mass is 10.1. The molecule has 156 valence electrons. The third-order valence-corrected chi connectivity index (χ3v) is 5.33. The molecule has 1 N–H and O–H groups in total. The highest BCUT2D eigenvalue weighted by atomic mass is 127. The van der Waals surface area contributed by atoms with E-state index in [1.54, 1.807) is 31.2 Å². The maximum Gasteiger partial charge on any atom is 0.261 e. The number of rotatable bonds is 9. The molecule has 0 bridgehead atoms. The van der Waals surface area contributed by atoms with E-state index in [1.807, 2.05) is 26.0 Å². The van der Waals surface area contributed by atoms with E-state index in [4.69, 9.17) is 4.74 Å². The van der Waals surface area contributed by atoms with Crippen LogP contribution < -0.4 is 10.1 Å². The van der Waals surface area contributed by atoms with Crippen LogP contribution in [0.15, 0.2) is 48.5 Å². The maximum absolute atomic E-state index is 13.2. The Morgan fingerprint density at radius 2 is 1.72 bits per heavy atom. The molecule has 0 unspecified atom stereocenters. The van der Waals surface area contributed by atoms with Crippen molar-refractivity contribution in [1.29, 1.82) is 0 Å². The molecule has 0 aliphatic rings. The molecule has 29 heavy (non-hydrogen) atoms. The summed E-state index contributed by atoms with van der Waals surface area (Å²) < 4.78 is 19.9. The Morgan fingerprint density at radius 1 is 1.10 bits per heavy atom. The zero-order valence-corrected chi connectivity index (χ0v) is 19.0. The topological polar surface area (TPSA) is 58.6 Å². The molecule has 2 rings (SSSR count). The summed E-state index contributed by atoms with van der Waals surface area (Å²) in [4.78, 5) is 27.0. The fraction of sp³-hybridized carbons (Fsp3) is 0.364. The largest absolute Gasteiger partial charge is 0.484 e. The molecule has 7 heteroatoms. The lowest BCUT2D eigenvalue weighted by Gasteiger charge is -2.29. The van der Waals surface area contributed by atoms with Gasteiger partial charge in [-0.1, -0.05) is 19.1 Å². The molecule has 0 spiro atoms. The van der Waals surface area contributed by atoms with Gasteiger partial charge in [-0.3, -0.25) is 9.59 Å². The minimum Gasteiger partial charge on any atom is -0.484 e. The molecule has 0 aliphatic heterocycles. The highest BCUT2D eigenvalue weighted by molar-refractivity contribution is 14.1. The van der Waals surface area contributed by atoms with E-state index in [-0.39, 0.29) is 36.8 Å². The van der Waals surface area contributed by atoms with E-state index in [2.05, 4.69) is 27.9 Å². The number of ether oxygens (including phenoxy) is 1. The summed E-state index contributed by atoms with van der Waals surface area (Å²) in [6, 6.07) is 12.6. The van der Waals surface area contributed by atoms with Crippen molar-refractivity contribution in [2.24, 2.45) is 0 Å². The van der Waals surface area contributed by atoms with Gasteiger partial charge in [-0.05, 0) is 84.8 Å². The number of carbonyl (C=O) groups is 2. The molecule has 0 fully saturated rings. The zero-order chi connectivity index (χ0) is 21.4. The molecule has 2 aromatic carbocycles. The van der Waals surface area contributed by atoms with Crippen molar-refractivity contribution in [3.8, 4) is 5.75 Å². The number of carbonyl (C=O) groups excluding carboxylic acids is 2. The van der Waals surface area contributed by atoms with Crippen LogP contribution in [-0.2, 0) is 16.1 Å². The maximum atomic E-state index is 13.2. The fourth-order valence-corrected chi connectivity index (χ4v) is 2.95. The van der Waals surface area contributed by atoms with Crippen LogP contribution >= 0.6 is 22.6 Å². The Morgan fingerprint density at radius 3 is 2.31 bits per heavy atom. The number of halogens is 2. The summed E-state index contributed by atoms with van der Waals surface area (Å²) in [7, 11) is 0. The molecule has 2 atom stereocenters. The van der Waals surface area contributed by atoms with E-state index in [9.17, 15) is 14.0 Å². The van der Waals surface area contributed by atoms with Crippen LogP contribution in [0, 0.1) is 9.39 Å².